The summed E-state index contributed by atoms with van der Waals surface area (Å²) in [6.07, 6.45) is 0. The molecule has 34 heavy (non-hydrogen) atoms. The van der Waals surface area contributed by atoms with Crippen LogP contribution in [0.4, 0.5) is 5.69 Å². The fourth-order valence-corrected chi connectivity index (χ4v) is 5.41. The molecule has 0 aliphatic rings. The number of halogens is 2. The molecule has 0 spiro atoms. The molecule has 0 aliphatic heterocycles. The molecule has 2 N–H and O–H groups in total. The first-order chi connectivity index (χ1) is 16.3. The zero-order valence-corrected chi connectivity index (χ0v) is 21.2. The lowest BCUT2D eigenvalue weighted by atomic mass is 10.1. The van der Waals surface area contributed by atoms with Gasteiger partial charge < -0.3 is 9.73 Å². The smallest absolute Gasteiger partial charge is 0.269 e. The summed E-state index contributed by atoms with van der Waals surface area (Å²) >= 11 is 19.0. The number of amides is 1. The Balaban J connectivity index is 1.28. The van der Waals surface area contributed by atoms with Crippen LogP contribution in [0.3, 0.4) is 0 Å². The van der Waals surface area contributed by atoms with Gasteiger partial charge in [0.1, 0.15) is 10.4 Å². The van der Waals surface area contributed by atoms with Crippen molar-refractivity contribution >= 4 is 84.6 Å². The van der Waals surface area contributed by atoms with E-state index < -0.39 is 0 Å². The van der Waals surface area contributed by atoms with Crippen molar-refractivity contribution < 1.29 is 9.21 Å². The number of nitrogens with one attached hydrogen (secondary N) is 2. The lowest BCUT2D eigenvalue weighted by Gasteiger charge is -2.09. The van der Waals surface area contributed by atoms with E-state index in [1.54, 1.807) is 18.2 Å². The minimum absolute atomic E-state index is 0.164. The molecule has 5 nitrogen and oxygen atoms in total. The van der Waals surface area contributed by atoms with Crippen molar-refractivity contribution in [2.45, 2.75) is 13.8 Å². The summed E-state index contributed by atoms with van der Waals surface area (Å²) < 4.78 is 6.76. The van der Waals surface area contributed by atoms with Crippen LogP contribution in [0.1, 0.15) is 20.8 Å². The average molecular weight is 526 g/mol. The first-order valence-electron chi connectivity index (χ1n) is 10.3. The number of thiocarbonyl (C=S) groups is 1. The number of fused-ring (bicyclic) bond motifs is 2. The molecule has 3 aromatic carbocycles. The summed E-state index contributed by atoms with van der Waals surface area (Å²) in [7, 11) is 0. The number of carbonyl (C=O) groups excluding carboxylic acids is 1. The van der Waals surface area contributed by atoms with Crippen molar-refractivity contribution in [2.24, 2.45) is 0 Å². The SMILES string of the molecule is Cc1cc2nc(-c3ccc(NC(=S)NC(=O)c4sc5cc(Cl)ccc5c4Cl)cc3)oc2cc1C. The van der Waals surface area contributed by atoms with Crippen molar-refractivity contribution in [1.29, 1.82) is 0 Å². The molecule has 5 rings (SSSR count). The Morgan fingerprint density at radius 3 is 2.53 bits per heavy atom. The van der Waals surface area contributed by atoms with Crippen molar-refractivity contribution in [3.63, 3.8) is 0 Å². The Labute approximate surface area is 214 Å². The number of carbonyl (C=O) groups is 1. The van der Waals surface area contributed by atoms with E-state index in [9.17, 15) is 4.79 Å². The molecule has 5 aromatic rings. The van der Waals surface area contributed by atoms with Crippen LogP contribution in [0.5, 0.6) is 0 Å². The van der Waals surface area contributed by atoms with Crippen LogP contribution in [0.2, 0.25) is 10.0 Å². The number of oxazole rings is 1. The van der Waals surface area contributed by atoms with Crippen LogP contribution < -0.4 is 10.6 Å². The third kappa shape index (κ3) is 4.40. The van der Waals surface area contributed by atoms with Gasteiger partial charge in [-0.15, -0.1) is 11.3 Å². The molecule has 0 atom stereocenters. The minimum atomic E-state index is -0.381. The summed E-state index contributed by atoms with van der Waals surface area (Å²) in [5, 5.41) is 7.60. The van der Waals surface area contributed by atoms with Crippen LogP contribution >= 0.6 is 46.8 Å². The first-order valence-corrected chi connectivity index (χ1v) is 12.2. The molecule has 0 saturated carbocycles. The van der Waals surface area contributed by atoms with E-state index in [1.807, 2.05) is 43.3 Å². The highest BCUT2D eigenvalue weighted by Crippen LogP contribution is 2.36. The van der Waals surface area contributed by atoms with Gasteiger partial charge in [-0.3, -0.25) is 10.1 Å². The highest BCUT2D eigenvalue weighted by molar-refractivity contribution is 7.80. The molecule has 1 amide bonds. The second-order valence-corrected chi connectivity index (χ2v) is 10.1. The van der Waals surface area contributed by atoms with Gasteiger partial charge in [-0.2, -0.15) is 0 Å². The van der Waals surface area contributed by atoms with Crippen LogP contribution in [-0.2, 0) is 0 Å². The van der Waals surface area contributed by atoms with Gasteiger partial charge in [0.15, 0.2) is 10.7 Å². The second kappa shape index (κ2) is 9.00. The van der Waals surface area contributed by atoms with Crippen LogP contribution in [0.25, 0.3) is 32.6 Å². The summed E-state index contributed by atoms with van der Waals surface area (Å²) in [6, 6.07) is 16.8. The minimum Gasteiger partial charge on any atom is -0.436 e. The lowest BCUT2D eigenvalue weighted by Crippen LogP contribution is -2.33. The van der Waals surface area contributed by atoms with E-state index in [0.717, 1.165) is 32.3 Å². The third-order valence-corrected chi connectivity index (χ3v) is 7.51. The van der Waals surface area contributed by atoms with Crippen LogP contribution in [0.15, 0.2) is 59.0 Å². The average Bonchev–Trinajstić information content (AvgIpc) is 3.35. The number of hydrogen-bond donors (Lipinski definition) is 2. The zero-order valence-electron chi connectivity index (χ0n) is 18.0. The van der Waals surface area contributed by atoms with E-state index in [4.69, 9.17) is 39.8 Å². The molecule has 0 radical (unpaired) electrons. The second-order valence-electron chi connectivity index (χ2n) is 7.79. The van der Waals surface area contributed by atoms with Gasteiger partial charge in [0.2, 0.25) is 5.89 Å². The Bertz CT molecular complexity index is 1550. The van der Waals surface area contributed by atoms with Gasteiger partial charge in [0.05, 0.1) is 5.02 Å². The molecule has 0 bridgehead atoms. The molecular weight excluding hydrogens is 509 g/mol. The number of thiophene rings is 1. The van der Waals surface area contributed by atoms with Gasteiger partial charge in [0.25, 0.3) is 5.91 Å². The topological polar surface area (TPSA) is 67.2 Å². The quantitative estimate of drug-likeness (QED) is 0.235. The summed E-state index contributed by atoms with van der Waals surface area (Å²) in [6.45, 7) is 4.10. The number of anilines is 1. The molecule has 0 fully saturated rings. The fourth-order valence-electron chi connectivity index (χ4n) is 3.51. The Morgan fingerprint density at radius 2 is 1.76 bits per heavy atom. The van der Waals surface area contributed by atoms with Crippen molar-refractivity contribution in [3.05, 3.63) is 80.6 Å². The highest BCUT2D eigenvalue weighted by atomic mass is 35.5. The highest BCUT2D eigenvalue weighted by Gasteiger charge is 2.18. The first kappa shape index (κ1) is 22.8. The van der Waals surface area contributed by atoms with Crippen molar-refractivity contribution in [3.8, 4) is 11.5 Å². The van der Waals surface area contributed by atoms with E-state index in [-0.39, 0.29) is 11.0 Å². The Kier molecular flexibility index (Phi) is 6.04. The van der Waals surface area contributed by atoms with Gasteiger partial charge in [-0.25, -0.2) is 4.98 Å². The van der Waals surface area contributed by atoms with E-state index >= 15 is 0 Å². The number of benzene rings is 3. The van der Waals surface area contributed by atoms with Crippen LogP contribution in [0, 0.1) is 13.8 Å². The largest absolute Gasteiger partial charge is 0.436 e. The monoisotopic (exact) mass is 525 g/mol. The molecule has 0 saturated heterocycles. The fraction of sp³-hybridized carbons (Fsp3) is 0.0800. The Hall–Kier alpha value is -2.97. The number of aryl methyl sites for hydroxylation is 2. The molecule has 170 valence electrons. The molecule has 2 heterocycles. The predicted octanol–water partition coefficient (Wildman–Crippen LogP) is 7.76. The van der Waals surface area contributed by atoms with Crippen molar-refractivity contribution in [1.82, 2.24) is 10.3 Å². The van der Waals surface area contributed by atoms with E-state index in [2.05, 4.69) is 22.5 Å². The molecular formula is C25H17Cl2N3O2S2. The number of hydrogen-bond acceptors (Lipinski definition) is 5. The normalized spacial score (nSPS) is 11.2. The van der Waals surface area contributed by atoms with Gasteiger partial charge in [-0.1, -0.05) is 29.3 Å². The standard InChI is InChI=1S/C25H17Cl2N3O2S2/c1-12-9-18-19(10-13(12)2)32-24(29-18)14-3-6-16(7-4-14)28-25(33)30-23(31)22-21(27)17-8-5-15(26)11-20(17)34-22/h3-11H,1-2H3,(H2,28,30,31,33). The zero-order chi connectivity index (χ0) is 24.0. The molecule has 2 aromatic heterocycles. The summed E-state index contributed by atoms with van der Waals surface area (Å²) in [5.74, 6) is 0.162. The maximum absolute atomic E-state index is 12.7. The van der Waals surface area contributed by atoms with Gasteiger partial charge >= 0.3 is 0 Å². The maximum atomic E-state index is 12.7. The molecule has 9 heteroatoms. The Morgan fingerprint density at radius 1 is 1.03 bits per heavy atom. The number of nitrogens with zero attached hydrogens (tertiary/aromatic N) is 1. The third-order valence-electron chi connectivity index (χ3n) is 5.42. The number of rotatable bonds is 3. The summed E-state index contributed by atoms with van der Waals surface area (Å²) in [5.41, 5.74) is 5.46. The van der Waals surface area contributed by atoms with Crippen LogP contribution in [-0.4, -0.2) is 16.0 Å². The predicted molar refractivity (Wildman–Crippen MR) is 144 cm³/mol. The van der Waals surface area contributed by atoms with E-state index in [1.165, 1.54) is 16.9 Å². The summed E-state index contributed by atoms with van der Waals surface area (Å²) in [4.78, 5) is 17.7. The molecule has 0 unspecified atom stereocenters. The van der Waals surface area contributed by atoms with Crippen molar-refractivity contribution in [2.75, 3.05) is 5.32 Å². The lowest BCUT2D eigenvalue weighted by molar-refractivity contribution is 0.0982. The van der Waals surface area contributed by atoms with Gasteiger partial charge in [-0.05, 0) is 85.7 Å². The number of aromatic nitrogens is 1. The van der Waals surface area contributed by atoms with Gasteiger partial charge in [0, 0.05) is 26.4 Å². The molecule has 0 aliphatic carbocycles. The van der Waals surface area contributed by atoms with E-state index in [0.29, 0.717) is 26.5 Å². The maximum Gasteiger partial charge on any atom is 0.269 e.